The monoisotopic (exact) mass is 415 g/mol. The normalized spacial score (nSPS) is 16.8. The highest BCUT2D eigenvalue weighted by Crippen LogP contribution is 2.25. The fourth-order valence-corrected chi connectivity index (χ4v) is 4.31. The third kappa shape index (κ3) is 6.42. The van der Waals surface area contributed by atoms with Crippen LogP contribution in [0.1, 0.15) is 24.2 Å². The van der Waals surface area contributed by atoms with Gasteiger partial charge in [0, 0.05) is 37.8 Å². The highest BCUT2D eigenvalue weighted by Gasteiger charge is 2.23. The van der Waals surface area contributed by atoms with E-state index in [4.69, 9.17) is 9.47 Å². The largest absolute Gasteiger partial charge is 0.495 e. The lowest BCUT2D eigenvalue weighted by atomic mass is 10.2. The molecule has 1 heterocycles. The molecule has 1 aromatic rings. The number of rotatable bonds is 9. The van der Waals surface area contributed by atoms with Crippen LogP contribution in [0.15, 0.2) is 23.1 Å². The maximum absolute atomic E-state index is 12.5. The van der Waals surface area contributed by atoms with Gasteiger partial charge >= 0.3 is 0 Å². The molecule has 158 valence electrons. The van der Waals surface area contributed by atoms with Crippen LogP contribution < -0.4 is 14.8 Å². The van der Waals surface area contributed by atoms with Crippen molar-refractivity contribution in [1.29, 1.82) is 0 Å². The van der Waals surface area contributed by atoms with E-state index in [0.717, 1.165) is 13.1 Å². The molecule has 0 saturated carbocycles. The average Bonchev–Trinajstić information content (AvgIpc) is 2.65. The molecule has 1 aliphatic rings. The Balaban J connectivity index is 2.03. The molecule has 1 unspecified atom stereocenters. The van der Waals surface area contributed by atoms with Gasteiger partial charge in [0.05, 0.1) is 26.4 Å². The maximum Gasteiger partial charge on any atom is 0.251 e. The van der Waals surface area contributed by atoms with Crippen LogP contribution in [0.2, 0.25) is 0 Å². The second-order valence-electron chi connectivity index (χ2n) is 6.92. The molecule has 0 radical (unpaired) electrons. The molecule has 0 aliphatic carbocycles. The number of sulfonamides is 1. The Morgan fingerprint density at radius 3 is 2.61 bits per heavy atom. The summed E-state index contributed by atoms with van der Waals surface area (Å²) in [7, 11) is -2.47. The molecule has 2 rings (SSSR count). The fourth-order valence-electron chi connectivity index (χ4n) is 2.86. The smallest absolute Gasteiger partial charge is 0.251 e. The molecule has 0 spiro atoms. The molecule has 0 bridgehead atoms. The van der Waals surface area contributed by atoms with Crippen molar-refractivity contribution in [2.75, 3.05) is 46.5 Å². The SMILES string of the molecule is COc1ccc(C(=O)NCC(O)CN2CCOCC2)cc1S(=O)(=O)NC(C)C. The van der Waals surface area contributed by atoms with Gasteiger partial charge in [-0.1, -0.05) is 0 Å². The van der Waals surface area contributed by atoms with E-state index in [2.05, 4.69) is 14.9 Å². The summed E-state index contributed by atoms with van der Waals surface area (Å²) in [6.45, 7) is 6.66. The molecule has 28 heavy (non-hydrogen) atoms. The molecular weight excluding hydrogens is 386 g/mol. The highest BCUT2D eigenvalue weighted by molar-refractivity contribution is 7.89. The molecule has 1 saturated heterocycles. The summed E-state index contributed by atoms with van der Waals surface area (Å²) >= 11 is 0. The first kappa shape index (κ1) is 22.6. The van der Waals surface area contributed by atoms with Crippen molar-refractivity contribution in [3.8, 4) is 5.75 Å². The predicted octanol–water partition coefficient (Wildman–Crippen LogP) is -0.195. The van der Waals surface area contributed by atoms with E-state index >= 15 is 0 Å². The van der Waals surface area contributed by atoms with Crippen LogP contribution in [0.25, 0.3) is 0 Å². The summed E-state index contributed by atoms with van der Waals surface area (Å²) in [6.07, 6.45) is -0.730. The predicted molar refractivity (Wildman–Crippen MR) is 104 cm³/mol. The van der Waals surface area contributed by atoms with Gasteiger partial charge in [-0.05, 0) is 32.0 Å². The van der Waals surface area contributed by atoms with Crippen LogP contribution in [0.4, 0.5) is 0 Å². The molecule has 1 aliphatic heterocycles. The maximum atomic E-state index is 12.5. The zero-order valence-electron chi connectivity index (χ0n) is 16.5. The number of carbonyl (C=O) groups excluding carboxylic acids is 1. The number of nitrogens with zero attached hydrogens (tertiary/aromatic N) is 1. The summed E-state index contributed by atoms with van der Waals surface area (Å²) in [6, 6.07) is 3.89. The number of β-amino-alcohol motifs (C(OH)–C–C–N with tert-alkyl or cyclic N) is 1. The van der Waals surface area contributed by atoms with Crippen molar-refractivity contribution in [2.45, 2.75) is 30.9 Å². The van der Waals surface area contributed by atoms with E-state index in [1.54, 1.807) is 13.8 Å². The number of hydrogen-bond donors (Lipinski definition) is 3. The van der Waals surface area contributed by atoms with Gasteiger partial charge in [-0.25, -0.2) is 13.1 Å². The van der Waals surface area contributed by atoms with Gasteiger partial charge in [-0.2, -0.15) is 0 Å². The second kappa shape index (κ2) is 10.2. The first-order chi connectivity index (χ1) is 13.2. The number of aliphatic hydroxyl groups excluding tert-OH is 1. The van der Waals surface area contributed by atoms with Crippen LogP contribution in [-0.2, 0) is 14.8 Å². The number of benzene rings is 1. The average molecular weight is 416 g/mol. The third-order valence-corrected chi connectivity index (χ3v) is 5.86. The van der Waals surface area contributed by atoms with Gasteiger partial charge in [0.1, 0.15) is 10.6 Å². The molecule has 9 nitrogen and oxygen atoms in total. The Labute approximate surface area is 166 Å². The molecule has 1 aromatic carbocycles. The van der Waals surface area contributed by atoms with Crippen LogP contribution in [0.5, 0.6) is 5.75 Å². The second-order valence-corrected chi connectivity index (χ2v) is 8.60. The minimum absolute atomic E-state index is 0.0640. The Morgan fingerprint density at radius 2 is 2.00 bits per heavy atom. The van der Waals surface area contributed by atoms with Crippen molar-refractivity contribution in [2.24, 2.45) is 0 Å². The Kier molecular flexibility index (Phi) is 8.20. The van der Waals surface area contributed by atoms with Gasteiger partial charge < -0.3 is 19.9 Å². The quantitative estimate of drug-likeness (QED) is 0.511. The number of hydrogen-bond acceptors (Lipinski definition) is 7. The standard InChI is InChI=1S/C18H29N3O6S/c1-13(2)20-28(24,25)17-10-14(4-5-16(17)26-3)18(23)19-11-15(22)12-21-6-8-27-9-7-21/h4-5,10,13,15,20,22H,6-9,11-12H2,1-3H3,(H,19,23). The minimum atomic E-state index is -3.83. The van der Waals surface area contributed by atoms with Gasteiger partial charge in [-0.3, -0.25) is 9.69 Å². The molecule has 3 N–H and O–H groups in total. The van der Waals surface area contributed by atoms with Gasteiger partial charge in [-0.15, -0.1) is 0 Å². The lowest BCUT2D eigenvalue weighted by molar-refractivity contribution is 0.0149. The number of aliphatic hydroxyl groups is 1. The van der Waals surface area contributed by atoms with Crippen molar-refractivity contribution < 1.29 is 27.8 Å². The van der Waals surface area contributed by atoms with E-state index in [1.165, 1.54) is 25.3 Å². The van der Waals surface area contributed by atoms with Crippen molar-refractivity contribution >= 4 is 15.9 Å². The number of amides is 1. The van der Waals surface area contributed by atoms with E-state index in [-0.39, 0.29) is 28.8 Å². The van der Waals surface area contributed by atoms with E-state index in [0.29, 0.717) is 19.8 Å². The van der Waals surface area contributed by atoms with E-state index in [9.17, 15) is 18.3 Å². The fraction of sp³-hybridized carbons (Fsp3) is 0.611. The topological polar surface area (TPSA) is 117 Å². The lowest BCUT2D eigenvalue weighted by Crippen LogP contribution is -2.44. The number of methoxy groups -OCH3 is 1. The van der Waals surface area contributed by atoms with Crippen LogP contribution >= 0.6 is 0 Å². The lowest BCUT2D eigenvalue weighted by Gasteiger charge is -2.28. The molecule has 1 atom stereocenters. The summed E-state index contributed by atoms with van der Waals surface area (Å²) in [4.78, 5) is 14.4. The molecule has 10 heteroatoms. The molecule has 1 amide bonds. The Hall–Kier alpha value is -1.72. The Bertz CT molecular complexity index is 763. The molecule has 0 aromatic heterocycles. The third-order valence-electron chi connectivity index (χ3n) is 4.18. The van der Waals surface area contributed by atoms with Crippen LogP contribution in [-0.4, -0.2) is 83.0 Å². The first-order valence-corrected chi connectivity index (χ1v) is 10.7. The summed E-state index contributed by atoms with van der Waals surface area (Å²) < 4.78 is 37.9. The van der Waals surface area contributed by atoms with Gasteiger partial charge in [0.25, 0.3) is 5.91 Å². The number of carbonyl (C=O) groups is 1. The number of ether oxygens (including phenoxy) is 2. The van der Waals surface area contributed by atoms with Crippen molar-refractivity contribution in [3.63, 3.8) is 0 Å². The zero-order valence-corrected chi connectivity index (χ0v) is 17.3. The summed E-state index contributed by atoms with van der Waals surface area (Å²) in [5.41, 5.74) is 0.170. The van der Waals surface area contributed by atoms with E-state index < -0.39 is 22.0 Å². The van der Waals surface area contributed by atoms with Crippen LogP contribution in [0.3, 0.4) is 0 Å². The van der Waals surface area contributed by atoms with Gasteiger partial charge in [0.2, 0.25) is 10.0 Å². The number of morpholine rings is 1. The Morgan fingerprint density at radius 1 is 1.32 bits per heavy atom. The highest BCUT2D eigenvalue weighted by atomic mass is 32.2. The first-order valence-electron chi connectivity index (χ1n) is 9.19. The van der Waals surface area contributed by atoms with Gasteiger partial charge in [0.15, 0.2) is 0 Å². The number of nitrogens with one attached hydrogen (secondary N) is 2. The van der Waals surface area contributed by atoms with Crippen molar-refractivity contribution in [1.82, 2.24) is 14.9 Å². The summed E-state index contributed by atoms with van der Waals surface area (Å²) in [5.74, 6) is -0.318. The zero-order chi connectivity index (χ0) is 20.7. The molecule has 1 fully saturated rings. The minimum Gasteiger partial charge on any atom is -0.495 e. The van der Waals surface area contributed by atoms with E-state index in [1.807, 2.05) is 0 Å². The molecular formula is C18H29N3O6S. The van der Waals surface area contributed by atoms with Crippen molar-refractivity contribution in [3.05, 3.63) is 23.8 Å². The van der Waals surface area contributed by atoms with Crippen LogP contribution in [0, 0.1) is 0 Å². The summed E-state index contributed by atoms with van der Waals surface area (Å²) in [5, 5.41) is 12.8.